The van der Waals surface area contributed by atoms with E-state index in [9.17, 15) is 34.6 Å². The number of nitrogens with zero attached hydrogens (tertiary/aromatic N) is 4. The highest BCUT2D eigenvalue weighted by atomic mass is 32.2. The number of carbonyl (C=O) groups excluding carboxylic acids is 3. The highest BCUT2D eigenvalue weighted by Crippen LogP contribution is 2.49. The molecule has 1 fully saturated rings. The monoisotopic (exact) mass is 616 g/mol. The van der Waals surface area contributed by atoms with Gasteiger partial charge in [-0.2, -0.15) is 0 Å². The molecule has 224 valence electrons. The zero-order valence-corrected chi connectivity index (χ0v) is 23.9. The Kier molecular flexibility index (Phi) is 8.53. The van der Waals surface area contributed by atoms with Gasteiger partial charge < -0.3 is 9.47 Å². The van der Waals surface area contributed by atoms with Crippen molar-refractivity contribution < 1.29 is 33.7 Å². The van der Waals surface area contributed by atoms with Gasteiger partial charge in [0.2, 0.25) is 0 Å². The average Bonchev–Trinajstić information content (AvgIpc) is 3.03. The van der Waals surface area contributed by atoms with Crippen LogP contribution in [0.3, 0.4) is 0 Å². The van der Waals surface area contributed by atoms with Crippen molar-refractivity contribution in [1.29, 1.82) is 0 Å². The van der Waals surface area contributed by atoms with E-state index in [0.717, 1.165) is 22.9 Å². The number of carbonyl (C=O) groups is 3. The van der Waals surface area contributed by atoms with Crippen molar-refractivity contribution in [2.75, 3.05) is 12.4 Å². The predicted molar refractivity (Wildman–Crippen MR) is 158 cm³/mol. The molecule has 0 radical (unpaired) electrons. The molecule has 14 heteroatoms. The van der Waals surface area contributed by atoms with E-state index in [2.05, 4.69) is 4.99 Å². The highest BCUT2D eigenvalue weighted by molar-refractivity contribution is 8.00. The number of nitro benzene ring substituents is 1. The maximum absolute atomic E-state index is 13.9. The van der Waals surface area contributed by atoms with Gasteiger partial charge in [0.05, 0.1) is 9.85 Å². The molecule has 0 aliphatic carbocycles. The molecule has 2 aliphatic rings. The van der Waals surface area contributed by atoms with Gasteiger partial charge in [0.25, 0.3) is 5.69 Å². The lowest BCUT2D eigenvalue weighted by Crippen LogP contribution is -2.76. The molecule has 0 aromatic heterocycles. The number of non-ortho nitro benzene ring substituents is 1. The quantitative estimate of drug-likeness (QED) is 0.106. The van der Waals surface area contributed by atoms with Crippen LogP contribution >= 0.6 is 11.8 Å². The molecule has 0 spiro atoms. The molecule has 1 unspecified atom stereocenters. The topological polar surface area (TPSA) is 172 Å². The third-order valence-corrected chi connectivity index (χ3v) is 8.34. The normalized spacial score (nSPS) is 19.4. The summed E-state index contributed by atoms with van der Waals surface area (Å²) in [5, 5.41) is 22.1. The third-order valence-electron chi connectivity index (χ3n) is 6.97. The summed E-state index contributed by atoms with van der Waals surface area (Å²) in [6.07, 6.45) is 0.219. The SMILES string of the molecule is CC(=O)OCC1=C(C(=O)OC(c2ccccc2)c2ccccc2)N2C(=O)C(N=Cc3ccc([N+](=O)[O-])cc3)([N+](=O)[O-])[C@H]2SC1. The fraction of sp³-hybridized carbons (Fsp3) is 0.200. The number of rotatable bonds is 10. The standard InChI is InChI=1S/C30H24N4O9S/c1-19(35)42-17-23-18-44-29-30(34(40)41,31-16-20-12-14-24(15-13-20)33(38)39)28(37)32(29)25(23)27(36)43-26(21-8-4-2-5-9-21)22-10-6-3-7-11-22/h2-16,26,29H,17-18H2,1H3/t29-,30?/m1/s1. The Balaban J connectivity index is 1.50. The fourth-order valence-electron chi connectivity index (χ4n) is 4.81. The molecule has 13 nitrogen and oxygen atoms in total. The van der Waals surface area contributed by atoms with E-state index < -0.39 is 44.8 Å². The van der Waals surface area contributed by atoms with Crippen molar-refractivity contribution in [2.24, 2.45) is 4.99 Å². The summed E-state index contributed by atoms with van der Waals surface area (Å²) in [6, 6.07) is 23.0. The first-order chi connectivity index (χ1) is 21.1. The van der Waals surface area contributed by atoms with E-state index in [0.29, 0.717) is 16.7 Å². The van der Waals surface area contributed by atoms with Crippen LogP contribution in [0.1, 0.15) is 29.7 Å². The lowest BCUT2D eigenvalue weighted by atomic mass is 9.96. The number of ether oxygens (including phenoxy) is 2. The van der Waals surface area contributed by atoms with Crippen molar-refractivity contribution in [1.82, 2.24) is 4.90 Å². The number of β-lactam (4-membered cyclic amide) rings is 1. The largest absolute Gasteiger partial charge is 0.461 e. The molecule has 2 aliphatic heterocycles. The Hall–Kier alpha value is -5.37. The minimum atomic E-state index is -2.47. The zero-order valence-electron chi connectivity index (χ0n) is 23.1. The second-order valence-electron chi connectivity index (χ2n) is 9.77. The van der Waals surface area contributed by atoms with Crippen LogP contribution in [0.15, 0.2) is 101 Å². The van der Waals surface area contributed by atoms with Gasteiger partial charge >= 0.3 is 23.5 Å². The lowest BCUT2D eigenvalue weighted by molar-refractivity contribution is -0.565. The Morgan fingerprint density at radius 3 is 2.14 bits per heavy atom. The van der Waals surface area contributed by atoms with Crippen LogP contribution < -0.4 is 0 Å². The summed E-state index contributed by atoms with van der Waals surface area (Å²) in [5.74, 6) is -2.62. The number of fused-ring (bicyclic) bond motifs is 1. The molecule has 44 heavy (non-hydrogen) atoms. The molecule has 0 bridgehead atoms. The molecule has 1 amide bonds. The van der Waals surface area contributed by atoms with Crippen molar-refractivity contribution in [3.63, 3.8) is 0 Å². The summed E-state index contributed by atoms with van der Waals surface area (Å²) in [6.45, 7) is 0.861. The number of hydrogen-bond acceptors (Lipinski definition) is 11. The van der Waals surface area contributed by atoms with Crippen molar-refractivity contribution in [3.8, 4) is 0 Å². The zero-order chi connectivity index (χ0) is 31.4. The summed E-state index contributed by atoms with van der Waals surface area (Å²) < 4.78 is 11.1. The van der Waals surface area contributed by atoms with Crippen LogP contribution in [0.4, 0.5) is 5.69 Å². The van der Waals surface area contributed by atoms with Crippen LogP contribution in [-0.2, 0) is 23.9 Å². The number of amides is 1. The van der Waals surface area contributed by atoms with Crippen LogP contribution in [0.25, 0.3) is 0 Å². The van der Waals surface area contributed by atoms with Crippen LogP contribution in [0, 0.1) is 20.2 Å². The minimum absolute atomic E-state index is 0.0101. The fourth-order valence-corrected chi connectivity index (χ4v) is 6.22. The van der Waals surface area contributed by atoms with E-state index >= 15 is 0 Å². The molecule has 2 heterocycles. The maximum Gasteiger partial charge on any atom is 0.421 e. The van der Waals surface area contributed by atoms with E-state index in [4.69, 9.17) is 9.47 Å². The van der Waals surface area contributed by atoms with Gasteiger partial charge in [-0.3, -0.25) is 34.7 Å². The number of esters is 2. The minimum Gasteiger partial charge on any atom is -0.461 e. The van der Waals surface area contributed by atoms with Crippen molar-refractivity contribution in [2.45, 2.75) is 24.1 Å². The molecule has 3 aromatic carbocycles. The number of nitro groups is 2. The molecule has 2 atom stereocenters. The Morgan fingerprint density at radius 2 is 1.61 bits per heavy atom. The first-order valence-corrected chi connectivity index (χ1v) is 14.2. The summed E-state index contributed by atoms with van der Waals surface area (Å²) in [5.41, 5.74) is -1.06. The Labute approximate surface area is 254 Å². The van der Waals surface area contributed by atoms with Gasteiger partial charge in [0, 0.05) is 36.6 Å². The van der Waals surface area contributed by atoms with Gasteiger partial charge in [-0.15, -0.1) is 11.8 Å². The van der Waals surface area contributed by atoms with Gasteiger partial charge in [0.15, 0.2) is 11.5 Å². The van der Waals surface area contributed by atoms with Gasteiger partial charge in [-0.05, 0) is 28.8 Å². The second kappa shape index (κ2) is 12.5. The molecular weight excluding hydrogens is 592 g/mol. The van der Waals surface area contributed by atoms with E-state index in [-0.39, 0.29) is 29.3 Å². The molecule has 1 saturated heterocycles. The smallest absolute Gasteiger partial charge is 0.421 e. The van der Waals surface area contributed by atoms with Crippen LogP contribution in [-0.4, -0.2) is 62.2 Å². The van der Waals surface area contributed by atoms with Gasteiger partial charge in [-0.1, -0.05) is 60.7 Å². The maximum atomic E-state index is 13.9. The first kappa shape index (κ1) is 30.1. The summed E-state index contributed by atoms with van der Waals surface area (Å²) in [7, 11) is 0. The van der Waals surface area contributed by atoms with E-state index in [1.807, 2.05) is 12.1 Å². The second-order valence-corrected chi connectivity index (χ2v) is 10.8. The number of aliphatic imine (C=N–C) groups is 1. The van der Waals surface area contributed by atoms with Crippen LogP contribution in [0.2, 0.25) is 0 Å². The van der Waals surface area contributed by atoms with Crippen LogP contribution in [0.5, 0.6) is 0 Å². The molecule has 0 N–H and O–H groups in total. The number of hydrogen-bond donors (Lipinski definition) is 0. The predicted octanol–water partition coefficient (Wildman–Crippen LogP) is 4.05. The van der Waals surface area contributed by atoms with Crippen molar-refractivity contribution >= 4 is 41.5 Å². The summed E-state index contributed by atoms with van der Waals surface area (Å²) >= 11 is 0.989. The first-order valence-electron chi connectivity index (χ1n) is 13.2. The Bertz CT molecular complexity index is 1640. The molecular formula is C30H24N4O9S. The number of thioether (sulfide) groups is 1. The molecule has 0 saturated carbocycles. The summed E-state index contributed by atoms with van der Waals surface area (Å²) in [4.78, 5) is 66.2. The molecule has 3 aromatic rings. The molecule has 5 rings (SSSR count). The van der Waals surface area contributed by atoms with Crippen molar-refractivity contribution in [3.05, 3.63) is 133 Å². The Morgan fingerprint density at radius 1 is 1.02 bits per heavy atom. The highest BCUT2D eigenvalue weighted by Gasteiger charge is 2.75. The third kappa shape index (κ3) is 5.66. The van der Waals surface area contributed by atoms with Gasteiger partial charge in [0.1, 0.15) is 12.3 Å². The van der Waals surface area contributed by atoms with Gasteiger partial charge in [-0.25, -0.2) is 9.79 Å². The lowest BCUT2D eigenvalue weighted by Gasteiger charge is -2.49. The average molecular weight is 617 g/mol. The number of benzene rings is 3. The van der Waals surface area contributed by atoms with E-state index in [1.54, 1.807) is 48.5 Å². The van der Waals surface area contributed by atoms with E-state index in [1.165, 1.54) is 31.2 Å².